The van der Waals surface area contributed by atoms with Crippen LogP contribution in [0.3, 0.4) is 0 Å². The van der Waals surface area contributed by atoms with Crippen LogP contribution in [0, 0.1) is 20.8 Å². The summed E-state index contributed by atoms with van der Waals surface area (Å²) in [5.41, 5.74) is 1.27. The zero-order valence-corrected chi connectivity index (χ0v) is 46.6. The predicted octanol–water partition coefficient (Wildman–Crippen LogP) is 5.47. The number of carbonyl (C=O) groups excluding carboxylic acids is 6. The van der Waals surface area contributed by atoms with E-state index < -0.39 is 39.7 Å². The monoisotopic (exact) mass is 1150 g/mol. The van der Waals surface area contributed by atoms with Crippen molar-refractivity contribution in [1.29, 1.82) is 0 Å². The first-order valence-electron chi connectivity index (χ1n) is 26.5. The number of nitrogens with zero attached hydrogens (tertiary/aromatic N) is 10. The summed E-state index contributed by atoms with van der Waals surface area (Å²) in [6, 6.07) is 9.22. The number of hydroxylamine groups is 2. The summed E-state index contributed by atoms with van der Waals surface area (Å²) in [5.74, 6) is -1.78. The van der Waals surface area contributed by atoms with Crippen molar-refractivity contribution in [2.45, 2.75) is 134 Å². The molecule has 0 atom stereocenters. The van der Waals surface area contributed by atoms with Crippen molar-refractivity contribution in [3.05, 3.63) is 171 Å². The minimum Gasteiger partial charge on any atom is -0.327 e. The van der Waals surface area contributed by atoms with Gasteiger partial charge in [-0.05, 0) is 167 Å². The van der Waals surface area contributed by atoms with Crippen LogP contribution >= 0.6 is 15.9 Å². The molecule has 3 fully saturated rings. The van der Waals surface area contributed by atoms with Crippen LogP contribution in [0.25, 0.3) is 0 Å². The first kappa shape index (κ1) is 56.5. The molecule has 6 aliphatic rings. The molecule has 24 heteroatoms. The third kappa shape index (κ3) is 10.6. The van der Waals surface area contributed by atoms with Gasteiger partial charge in [0.25, 0.3) is 40.3 Å². The predicted molar refractivity (Wildman–Crippen MR) is 292 cm³/mol. The summed E-state index contributed by atoms with van der Waals surface area (Å²) in [6.07, 6.45) is 22.0. The lowest BCUT2D eigenvalue weighted by Crippen LogP contribution is -2.49. The summed E-state index contributed by atoms with van der Waals surface area (Å²) in [6.45, 7) is 5.38. The van der Waals surface area contributed by atoms with Gasteiger partial charge in [0.15, 0.2) is 0 Å². The molecule has 0 aromatic carbocycles. The van der Waals surface area contributed by atoms with Crippen molar-refractivity contribution in [1.82, 2.24) is 64.6 Å². The molecule has 3 N–H and O–H groups in total. The van der Waals surface area contributed by atoms with Crippen LogP contribution in [-0.2, 0) is 21.8 Å². The summed E-state index contributed by atoms with van der Waals surface area (Å²) in [4.78, 5) is 140. The molecule has 12 rings (SSSR count). The van der Waals surface area contributed by atoms with Gasteiger partial charge in [-0.25, -0.2) is 35.0 Å². The molecule has 3 aliphatic heterocycles. The lowest BCUT2D eigenvalue weighted by Gasteiger charge is -2.35. The van der Waals surface area contributed by atoms with Crippen molar-refractivity contribution in [2.75, 3.05) is 14.2 Å². The summed E-state index contributed by atoms with van der Waals surface area (Å²) in [7, 11) is 2.93. The molecule has 6 aromatic heterocycles. The smallest absolute Gasteiger partial charge is 0.295 e. The van der Waals surface area contributed by atoms with E-state index in [9.17, 15) is 43.2 Å². The molecule has 0 unspecified atom stereocenters. The lowest BCUT2D eigenvalue weighted by molar-refractivity contribution is -0.0760. The number of aromatic nitrogens is 9. The normalized spacial score (nSPS) is 17.4. The van der Waals surface area contributed by atoms with Crippen LogP contribution in [0.4, 0.5) is 0 Å². The van der Waals surface area contributed by atoms with Gasteiger partial charge >= 0.3 is 0 Å². The number of fused-ring (bicyclic) bond motifs is 6. The molecule has 416 valence electrons. The fourth-order valence-corrected chi connectivity index (χ4v) is 12.3. The van der Waals surface area contributed by atoms with Crippen LogP contribution in [0.2, 0.25) is 0 Å². The minimum atomic E-state index is -0.700. The highest BCUT2D eigenvalue weighted by Gasteiger charge is 2.48. The Hall–Kier alpha value is -8.25. The van der Waals surface area contributed by atoms with Crippen LogP contribution in [0.15, 0.2) is 92.8 Å². The number of rotatable bonds is 6. The molecule has 4 amide bonds. The fraction of sp³-hybridized carbons (Fsp3) is 0.411. The molecular formula is C56H60BrN13O10. The molecule has 0 bridgehead atoms. The van der Waals surface area contributed by atoms with E-state index in [0.29, 0.717) is 64.1 Å². The van der Waals surface area contributed by atoms with E-state index >= 15 is 0 Å². The van der Waals surface area contributed by atoms with Gasteiger partial charge in [-0.15, -0.1) is 0 Å². The van der Waals surface area contributed by atoms with E-state index in [2.05, 4.69) is 66.6 Å². The van der Waals surface area contributed by atoms with E-state index in [-0.39, 0.29) is 51.7 Å². The Bertz CT molecular complexity index is 3450. The van der Waals surface area contributed by atoms with Gasteiger partial charge in [-0.2, -0.15) is 0 Å². The first-order valence-corrected chi connectivity index (χ1v) is 27.3. The largest absolute Gasteiger partial charge is 0.327 e. The SMILES string of the molecule is CON(C)C(=O)c1ccncn1.Cc1cc(Br)c(=O)n2c1C(=O)NC21CCCCC1.Cc1cc(C(=O)c2ccncn2)c(=O)n2c1C(=O)NC21CCCCC1.Cc1cc(C(=O)c2ccncn2)c(=O)n2c1C(=O)NC21CCCCC1. The highest BCUT2D eigenvalue weighted by atomic mass is 79.9. The molecule has 3 saturated carbocycles. The molecule has 3 aliphatic carbocycles. The second-order valence-corrected chi connectivity index (χ2v) is 21.5. The number of amides is 4. The lowest BCUT2D eigenvalue weighted by atomic mass is 9.89. The highest BCUT2D eigenvalue weighted by Crippen LogP contribution is 2.40. The number of halogens is 1. The van der Waals surface area contributed by atoms with Gasteiger partial charge in [0.05, 0.1) is 22.7 Å². The van der Waals surface area contributed by atoms with E-state index in [1.54, 1.807) is 24.5 Å². The third-order valence-electron chi connectivity index (χ3n) is 15.6. The van der Waals surface area contributed by atoms with Gasteiger partial charge in [-0.1, -0.05) is 19.3 Å². The average molecular weight is 1160 g/mol. The number of ketones is 2. The van der Waals surface area contributed by atoms with Crippen molar-refractivity contribution in [3.8, 4) is 0 Å². The Balaban J connectivity index is 0.000000134. The molecular weight excluding hydrogens is 1090 g/mol. The van der Waals surface area contributed by atoms with Crippen molar-refractivity contribution < 1.29 is 33.6 Å². The summed E-state index contributed by atoms with van der Waals surface area (Å²) < 4.78 is 5.27. The maximum absolute atomic E-state index is 13.2. The van der Waals surface area contributed by atoms with Crippen LogP contribution in [0.1, 0.15) is 187 Å². The minimum absolute atomic E-state index is 0.0430. The average Bonchev–Trinajstić information content (AvgIpc) is 4.28. The van der Waals surface area contributed by atoms with Crippen LogP contribution in [0.5, 0.6) is 0 Å². The Kier molecular flexibility index (Phi) is 16.4. The quantitative estimate of drug-likeness (QED) is 0.138. The van der Waals surface area contributed by atoms with Crippen molar-refractivity contribution in [3.63, 3.8) is 0 Å². The Labute approximate surface area is 467 Å². The number of carbonyl (C=O) groups is 6. The van der Waals surface area contributed by atoms with Crippen LogP contribution in [-0.4, -0.2) is 98.0 Å². The number of hydrogen-bond donors (Lipinski definition) is 3. The maximum atomic E-state index is 13.2. The standard InChI is InChI=1S/2C18H18N4O3.C13H15BrN2O2.C7H9N3O2/c2*1-11-9-12(15(23)13-5-8-19-10-20-13)17(25)22-14(11)16(24)21-18(22)6-3-2-4-7-18;1-8-7-9(14)12(18)16-10(8)11(17)15-13(16)5-3-2-4-6-13;1-10(12-2)7(11)6-3-4-8-5-9-6/h2*5,8-10H,2-4,6-7H2,1H3,(H,21,24);7H,2-6H2,1H3,(H,15,17);3-5H,1-2H3. The third-order valence-corrected chi connectivity index (χ3v) is 16.2. The fourth-order valence-electron chi connectivity index (χ4n) is 11.8. The van der Waals surface area contributed by atoms with Gasteiger partial charge in [0, 0.05) is 25.6 Å². The van der Waals surface area contributed by atoms with Crippen molar-refractivity contribution >= 4 is 51.1 Å². The Morgan fingerprint density at radius 1 is 0.512 bits per heavy atom. The number of hydrogen-bond acceptors (Lipinski definition) is 16. The molecule has 23 nitrogen and oxygen atoms in total. The molecule has 3 spiro atoms. The van der Waals surface area contributed by atoms with Crippen molar-refractivity contribution in [2.24, 2.45) is 0 Å². The number of aryl methyl sites for hydroxylation is 3. The summed E-state index contributed by atoms with van der Waals surface area (Å²) in [5, 5.41) is 10.2. The van der Waals surface area contributed by atoms with E-state index in [4.69, 9.17) is 0 Å². The zero-order valence-electron chi connectivity index (χ0n) is 45.0. The van der Waals surface area contributed by atoms with Gasteiger partial charge in [-0.3, -0.25) is 61.7 Å². The van der Waals surface area contributed by atoms with Gasteiger partial charge in [0.1, 0.15) is 70.1 Å². The summed E-state index contributed by atoms with van der Waals surface area (Å²) >= 11 is 3.30. The molecule has 0 saturated heterocycles. The maximum Gasteiger partial charge on any atom is 0.295 e. The van der Waals surface area contributed by atoms with E-state index in [1.165, 1.54) is 97.6 Å². The number of nitrogens with one attached hydrogen (secondary N) is 3. The molecule has 80 heavy (non-hydrogen) atoms. The zero-order chi connectivity index (χ0) is 57.1. The molecule has 9 heterocycles. The number of pyridine rings is 3. The van der Waals surface area contributed by atoms with Crippen LogP contribution < -0.4 is 32.6 Å². The van der Waals surface area contributed by atoms with E-state index in [1.807, 2.05) is 6.92 Å². The highest BCUT2D eigenvalue weighted by molar-refractivity contribution is 9.10. The topological polar surface area (TPSA) is 294 Å². The Morgan fingerprint density at radius 2 is 0.838 bits per heavy atom. The Morgan fingerprint density at radius 3 is 1.16 bits per heavy atom. The van der Waals surface area contributed by atoms with Gasteiger partial charge < -0.3 is 16.0 Å². The van der Waals surface area contributed by atoms with Gasteiger partial charge in [0.2, 0.25) is 11.6 Å². The van der Waals surface area contributed by atoms with E-state index in [0.717, 1.165) is 74.8 Å². The molecule has 6 aromatic rings. The second-order valence-electron chi connectivity index (χ2n) is 20.7. The first-order chi connectivity index (χ1) is 38.4. The second kappa shape index (κ2) is 23.2. The molecule has 0 radical (unpaired) electrons.